The molecule has 0 fully saturated rings. The van der Waals surface area contributed by atoms with E-state index in [1.807, 2.05) is 30.5 Å². The number of unbranched alkanes of at least 4 members (excludes halogenated alkanes) is 2. The average molecular weight is 369 g/mol. The van der Waals surface area contributed by atoms with Gasteiger partial charge in [0.05, 0.1) is 5.75 Å². The number of benzene rings is 1. The van der Waals surface area contributed by atoms with Crippen LogP contribution in [-0.2, 0) is 14.4 Å². The first kappa shape index (κ1) is 20.6. The quantitative estimate of drug-likeness (QED) is 0.489. The van der Waals surface area contributed by atoms with Crippen molar-refractivity contribution in [2.45, 2.75) is 37.5 Å². The number of nitrogens with one attached hydrogen (secondary N) is 2. The molecule has 0 aliphatic heterocycles. The monoisotopic (exact) mass is 368 g/mol. The molecule has 0 unspecified atom stereocenters. The lowest BCUT2D eigenvalue weighted by Crippen LogP contribution is -2.26. The van der Waals surface area contributed by atoms with Gasteiger partial charge in [0.25, 0.3) is 0 Å². The smallest absolute Gasteiger partial charge is 0.230 e. The van der Waals surface area contributed by atoms with Crippen LogP contribution in [-0.4, -0.2) is 35.5 Å². The molecule has 0 saturated carbocycles. The maximum absolute atomic E-state index is 11.8. The van der Waals surface area contributed by atoms with Gasteiger partial charge in [0.15, 0.2) is 5.12 Å². The van der Waals surface area contributed by atoms with E-state index in [0.717, 1.165) is 41.6 Å². The maximum atomic E-state index is 11.8. The largest absolute Gasteiger partial charge is 0.355 e. The minimum absolute atomic E-state index is 0.00814. The van der Waals surface area contributed by atoms with Crippen molar-refractivity contribution in [2.24, 2.45) is 0 Å². The number of hydrogen-bond acceptors (Lipinski definition) is 5. The zero-order chi connectivity index (χ0) is 17.8. The molecule has 0 bridgehead atoms. The molecular weight excluding hydrogens is 344 g/mol. The standard InChI is InChI=1S/C17H24N2O3S2/c1-13(20)24-12-17(22)18-11-5-3-4-6-16(21)19-14-7-9-15(23-2)10-8-14/h7-10H,3-6,11-12H2,1-2H3,(H,18,22)(H,19,21). The van der Waals surface area contributed by atoms with Crippen molar-refractivity contribution in [1.82, 2.24) is 5.32 Å². The minimum atomic E-state index is -0.123. The molecule has 1 rings (SSSR count). The fourth-order valence-corrected chi connectivity index (χ4v) is 2.78. The fraction of sp³-hybridized carbons (Fsp3) is 0.471. The number of amides is 2. The summed E-state index contributed by atoms with van der Waals surface area (Å²) in [6, 6.07) is 7.76. The Balaban J connectivity index is 2.06. The molecule has 5 nitrogen and oxygen atoms in total. The van der Waals surface area contributed by atoms with Crippen molar-refractivity contribution in [1.29, 1.82) is 0 Å². The fourth-order valence-electron chi connectivity index (χ4n) is 1.93. The van der Waals surface area contributed by atoms with Gasteiger partial charge in [-0.3, -0.25) is 14.4 Å². The summed E-state index contributed by atoms with van der Waals surface area (Å²) in [5.74, 6) is 0.0583. The van der Waals surface area contributed by atoms with Gasteiger partial charge in [0, 0.05) is 30.5 Å². The number of anilines is 1. The first-order chi connectivity index (χ1) is 11.5. The van der Waals surface area contributed by atoms with Crippen LogP contribution >= 0.6 is 23.5 Å². The van der Waals surface area contributed by atoms with Gasteiger partial charge >= 0.3 is 0 Å². The van der Waals surface area contributed by atoms with Gasteiger partial charge in [-0.2, -0.15) is 0 Å². The highest BCUT2D eigenvalue weighted by Crippen LogP contribution is 2.17. The Morgan fingerprint density at radius 3 is 2.33 bits per heavy atom. The van der Waals surface area contributed by atoms with E-state index in [9.17, 15) is 14.4 Å². The molecule has 0 aromatic heterocycles. The maximum Gasteiger partial charge on any atom is 0.230 e. The predicted molar refractivity (Wildman–Crippen MR) is 101 cm³/mol. The second kappa shape index (κ2) is 12.0. The van der Waals surface area contributed by atoms with E-state index in [1.165, 1.54) is 6.92 Å². The molecule has 132 valence electrons. The van der Waals surface area contributed by atoms with E-state index in [0.29, 0.717) is 13.0 Å². The Kier molecular flexibility index (Phi) is 10.3. The topological polar surface area (TPSA) is 75.3 Å². The number of thioether (sulfide) groups is 2. The normalized spacial score (nSPS) is 10.2. The summed E-state index contributed by atoms with van der Waals surface area (Å²) in [5, 5.41) is 5.58. The van der Waals surface area contributed by atoms with E-state index in [-0.39, 0.29) is 22.7 Å². The van der Waals surface area contributed by atoms with E-state index < -0.39 is 0 Å². The molecule has 1 aromatic carbocycles. The number of carbonyl (C=O) groups excluding carboxylic acids is 3. The summed E-state index contributed by atoms with van der Waals surface area (Å²) < 4.78 is 0. The van der Waals surface area contributed by atoms with Gasteiger partial charge in [-0.15, -0.1) is 11.8 Å². The van der Waals surface area contributed by atoms with E-state index in [4.69, 9.17) is 0 Å². The van der Waals surface area contributed by atoms with Crippen molar-refractivity contribution >= 4 is 46.1 Å². The van der Waals surface area contributed by atoms with Crippen molar-refractivity contribution in [3.63, 3.8) is 0 Å². The van der Waals surface area contributed by atoms with Crippen LogP contribution < -0.4 is 10.6 Å². The Bertz CT molecular complexity index is 547. The molecular formula is C17H24N2O3S2. The molecule has 0 aliphatic rings. The molecule has 24 heavy (non-hydrogen) atoms. The van der Waals surface area contributed by atoms with Crippen molar-refractivity contribution < 1.29 is 14.4 Å². The minimum Gasteiger partial charge on any atom is -0.355 e. The molecule has 1 aromatic rings. The van der Waals surface area contributed by atoms with Crippen LogP contribution in [0.1, 0.15) is 32.6 Å². The van der Waals surface area contributed by atoms with Crippen LogP contribution in [0.25, 0.3) is 0 Å². The Morgan fingerprint density at radius 2 is 1.71 bits per heavy atom. The van der Waals surface area contributed by atoms with Crippen molar-refractivity contribution in [3.05, 3.63) is 24.3 Å². The zero-order valence-corrected chi connectivity index (χ0v) is 15.7. The van der Waals surface area contributed by atoms with Crippen LogP contribution in [0.15, 0.2) is 29.2 Å². The average Bonchev–Trinajstić information content (AvgIpc) is 2.56. The molecule has 7 heteroatoms. The summed E-state index contributed by atoms with van der Waals surface area (Å²) in [7, 11) is 0. The number of rotatable bonds is 10. The van der Waals surface area contributed by atoms with Crippen LogP contribution in [0.2, 0.25) is 0 Å². The first-order valence-electron chi connectivity index (χ1n) is 7.85. The lowest BCUT2D eigenvalue weighted by atomic mass is 10.2. The molecule has 0 atom stereocenters. The highest BCUT2D eigenvalue weighted by Gasteiger charge is 2.04. The molecule has 0 saturated heterocycles. The van der Waals surface area contributed by atoms with Gasteiger partial charge in [0.2, 0.25) is 11.8 Å². The van der Waals surface area contributed by atoms with Gasteiger partial charge < -0.3 is 10.6 Å². The second-order valence-electron chi connectivity index (χ2n) is 5.22. The van der Waals surface area contributed by atoms with Crippen molar-refractivity contribution in [3.8, 4) is 0 Å². The van der Waals surface area contributed by atoms with Gasteiger partial charge in [-0.1, -0.05) is 18.2 Å². The van der Waals surface area contributed by atoms with Gasteiger partial charge in [-0.25, -0.2) is 0 Å². The third kappa shape index (κ3) is 9.62. The molecule has 0 radical (unpaired) electrons. The van der Waals surface area contributed by atoms with Crippen LogP contribution in [0, 0.1) is 0 Å². The summed E-state index contributed by atoms with van der Waals surface area (Å²) in [4.78, 5) is 35.1. The summed E-state index contributed by atoms with van der Waals surface area (Å²) in [5.41, 5.74) is 0.813. The predicted octanol–water partition coefficient (Wildman–Crippen LogP) is 3.30. The van der Waals surface area contributed by atoms with E-state index in [1.54, 1.807) is 11.8 Å². The second-order valence-corrected chi connectivity index (χ2v) is 7.25. The molecule has 0 aliphatic carbocycles. The van der Waals surface area contributed by atoms with Gasteiger partial charge in [0.1, 0.15) is 0 Å². The summed E-state index contributed by atoms with van der Waals surface area (Å²) >= 11 is 2.67. The number of hydrogen-bond donors (Lipinski definition) is 2. The summed E-state index contributed by atoms with van der Waals surface area (Å²) in [6.07, 6.45) is 4.97. The summed E-state index contributed by atoms with van der Waals surface area (Å²) in [6.45, 7) is 2.02. The van der Waals surface area contributed by atoms with Crippen LogP contribution in [0.5, 0.6) is 0 Å². The van der Waals surface area contributed by atoms with E-state index >= 15 is 0 Å². The molecule has 0 heterocycles. The number of carbonyl (C=O) groups is 3. The van der Waals surface area contributed by atoms with Gasteiger partial charge in [-0.05, 0) is 43.4 Å². The van der Waals surface area contributed by atoms with Crippen LogP contribution in [0.4, 0.5) is 5.69 Å². The van der Waals surface area contributed by atoms with Crippen LogP contribution in [0.3, 0.4) is 0 Å². The zero-order valence-electron chi connectivity index (χ0n) is 14.1. The molecule has 0 spiro atoms. The molecule has 2 N–H and O–H groups in total. The SMILES string of the molecule is CSc1ccc(NC(=O)CCCCCNC(=O)CSC(C)=O)cc1. The third-order valence-electron chi connectivity index (χ3n) is 3.18. The lowest BCUT2D eigenvalue weighted by Gasteiger charge is -2.06. The van der Waals surface area contributed by atoms with E-state index in [2.05, 4.69) is 10.6 Å². The highest BCUT2D eigenvalue weighted by molar-refractivity contribution is 8.14. The Morgan fingerprint density at radius 1 is 1.00 bits per heavy atom. The third-order valence-corrected chi connectivity index (χ3v) is 4.74. The Hall–Kier alpha value is -1.47. The van der Waals surface area contributed by atoms with Crippen molar-refractivity contribution in [2.75, 3.05) is 23.9 Å². The first-order valence-corrected chi connectivity index (χ1v) is 10.1. The highest BCUT2D eigenvalue weighted by atomic mass is 32.2. The Labute approximate surface area is 151 Å². The molecule has 2 amide bonds. The lowest BCUT2D eigenvalue weighted by molar-refractivity contribution is -0.119.